The summed E-state index contributed by atoms with van der Waals surface area (Å²) in [4.78, 5) is 12.0. The fourth-order valence-electron chi connectivity index (χ4n) is 2.82. The second kappa shape index (κ2) is 6.12. The number of carbonyl (C=O) groups excluding carboxylic acids is 1. The van der Waals surface area contributed by atoms with Gasteiger partial charge in [0, 0.05) is 17.8 Å². The highest BCUT2D eigenvalue weighted by atomic mass is 16.1. The molecule has 1 aromatic rings. The summed E-state index contributed by atoms with van der Waals surface area (Å²) in [5.74, 6) is -0.0209. The number of benzene rings is 1. The zero-order chi connectivity index (χ0) is 14.6. The van der Waals surface area contributed by atoms with Gasteiger partial charge in [0.05, 0.1) is 0 Å². The van der Waals surface area contributed by atoms with Gasteiger partial charge in [-0.05, 0) is 42.0 Å². The Morgan fingerprint density at radius 1 is 1.40 bits per heavy atom. The lowest BCUT2D eigenvalue weighted by atomic mass is 9.73. The van der Waals surface area contributed by atoms with E-state index < -0.39 is 0 Å². The molecular weight excluding hydrogens is 248 g/mol. The molecule has 0 radical (unpaired) electrons. The first-order valence-corrected chi connectivity index (χ1v) is 7.31. The van der Waals surface area contributed by atoms with Gasteiger partial charge in [-0.25, -0.2) is 0 Å². The van der Waals surface area contributed by atoms with Gasteiger partial charge in [0.1, 0.15) is 0 Å². The van der Waals surface area contributed by atoms with Crippen LogP contribution >= 0.6 is 0 Å². The first-order chi connectivity index (χ1) is 9.47. The maximum absolute atomic E-state index is 12.0. The van der Waals surface area contributed by atoms with Crippen LogP contribution in [0.25, 0.3) is 6.08 Å². The minimum absolute atomic E-state index is 0.0209. The van der Waals surface area contributed by atoms with Crippen molar-refractivity contribution < 1.29 is 4.79 Å². The molecule has 1 saturated carbocycles. The van der Waals surface area contributed by atoms with E-state index in [9.17, 15) is 4.79 Å². The predicted octanol–water partition coefficient (Wildman–Crippen LogP) is 3.37. The molecule has 1 aliphatic rings. The minimum atomic E-state index is -0.0209. The Balaban J connectivity index is 1.95. The average molecular weight is 272 g/mol. The number of nitrogen functional groups attached to an aromatic ring is 1. The van der Waals surface area contributed by atoms with E-state index in [0.717, 1.165) is 12.0 Å². The normalized spacial score (nSPS) is 21.8. The van der Waals surface area contributed by atoms with Gasteiger partial charge in [-0.15, -0.1) is 0 Å². The number of amides is 1. The van der Waals surface area contributed by atoms with Crippen LogP contribution in [0.2, 0.25) is 0 Å². The van der Waals surface area contributed by atoms with Crippen LogP contribution in [0.15, 0.2) is 30.3 Å². The van der Waals surface area contributed by atoms with Crippen molar-refractivity contribution >= 4 is 17.7 Å². The van der Waals surface area contributed by atoms with Crippen molar-refractivity contribution in [2.75, 3.05) is 5.73 Å². The highest BCUT2D eigenvalue weighted by molar-refractivity contribution is 5.92. The number of hydrogen-bond acceptors (Lipinski definition) is 2. The summed E-state index contributed by atoms with van der Waals surface area (Å²) < 4.78 is 0. The molecule has 0 spiro atoms. The van der Waals surface area contributed by atoms with Crippen LogP contribution in [0.5, 0.6) is 0 Å². The maximum atomic E-state index is 12.0. The van der Waals surface area contributed by atoms with E-state index in [2.05, 4.69) is 19.2 Å². The lowest BCUT2D eigenvalue weighted by Crippen LogP contribution is -2.46. The molecule has 1 aliphatic carbocycles. The summed E-state index contributed by atoms with van der Waals surface area (Å²) in [5, 5.41) is 3.14. The lowest BCUT2D eigenvalue weighted by Gasteiger charge is -2.38. The third-order valence-electron chi connectivity index (χ3n) is 4.16. The fraction of sp³-hybridized carbons (Fsp3) is 0.471. The predicted molar refractivity (Wildman–Crippen MR) is 84.1 cm³/mol. The molecule has 1 fully saturated rings. The molecule has 1 atom stereocenters. The third-order valence-corrected chi connectivity index (χ3v) is 4.16. The second-order valence-corrected chi connectivity index (χ2v) is 6.30. The number of carbonyl (C=O) groups is 1. The van der Waals surface area contributed by atoms with Gasteiger partial charge < -0.3 is 11.1 Å². The van der Waals surface area contributed by atoms with Crippen molar-refractivity contribution in [3.8, 4) is 0 Å². The summed E-state index contributed by atoms with van der Waals surface area (Å²) in [6, 6.07) is 7.78. The average Bonchev–Trinajstić information content (AvgIpc) is 2.39. The van der Waals surface area contributed by atoms with E-state index >= 15 is 0 Å². The van der Waals surface area contributed by atoms with Gasteiger partial charge in [-0.2, -0.15) is 0 Å². The van der Waals surface area contributed by atoms with Gasteiger partial charge >= 0.3 is 0 Å². The first-order valence-electron chi connectivity index (χ1n) is 7.31. The van der Waals surface area contributed by atoms with Crippen LogP contribution in [0.3, 0.4) is 0 Å². The molecule has 0 bridgehead atoms. The number of nitrogens with two attached hydrogens (primary N) is 1. The number of rotatable bonds is 3. The number of anilines is 1. The SMILES string of the molecule is CC1(C)CCCCC1NC(=O)/C=C/c1cccc(N)c1. The Morgan fingerprint density at radius 2 is 2.20 bits per heavy atom. The van der Waals surface area contributed by atoms with E-state index in [-0.39, 0.29) is 17.4 Å². The standard InChI is InChI=1S/C17H24N2O/c1-17(2)11-4-3-8-15(17)19-16(20)10-9-13-6-5-7-14(18)12-13/h5-7,9-10,12,15H,3-4,8,11,18H2,1-2H3,(H,19,20)/b10-9+. The molecule has 3 heteroatoms. The molecule has 1 aromatic carbocycles. The molecule has 108 valence electrons. The van der Waals surface area contributed by atoms with Crippen molar-refractivity contribution in [3.63, 3.8) is 0 Å². The van der Waals surface area contributed by atoms with Gasteiger partial charge in [0.2, 0.25) is 5.91 Å². The summed E-state index contributed by atoms with van der Waals surface area (Å²) in [5.41, 5.74) is 7.57. The summed E-state index contributed by atoms with van der Waals surface area (Å²) in [7, 11) is 0. The zero-order valence-electron chi connectivity index (χ0n) is 12.4. The summed E-state index contributed by atoms with van der Waals surface area (Å²) in [6.45, 7) is 4.47. The topological polar surface area (TPSA) is 55.1 Å². The quantitative estimate of drug-likeness (QED) is 0.655. The maximum Gasteiger partial charge on any atom is 0.244 e. The Hall–Kier alpha value is -1.77. The van der Waals surface area contributed by atoms with Crippen LogP contribution in [0.4, 0.5) is 5.69 Å². The van der Waals surface area contributed by atoms with Crippen LogP contribution in [-0.4, -0.2) is 11.9 Å². The summed E-state index contributed by atoms with van der Waals surface area (Å²) in [6.07, 6.45) is 8.12. The van der Waals surface area contributed by atoms with Crippen LogP contribution < -0.4 is 11.1 Å². The van der Waals surface area contributed by atoms with E-state index in [0.29, 0.717) is 5.69 Å². The Bertz CT molecular complexity index is 505. The van der Waals surface area contributed by atoms with Crippen molar-refractivity contribution in [3.05, 3.63) is 35.9 Å². The van der Waals surface area contributed by atoms with Crippen LogP contribution in [0, 0.1) is 5.41 Å². The van der Waals surface area contributed by atoms with Crippen molar-refractivity contribution in [2.24, 2.45) is 5.41 Å². The van der Waals surface area contributed by atoms with E-state index in [1.165, 1.54) is 19.3 Å². The van der Waals surface area contributed by atoms with Crippen molar-refractivity contribution in [1.29, 1.82) is 0 Å². The zero-order valence-corrected chi connectivity index (χ0v) is 12.4. The van der Waals surface area contributed by atoms with Crippen LogP contribution in [0.1, 0.15) is 45.1 Å². The molecule has 2 rings (SSSR count). The molecule has 0 aliphatic heterocycles. The summed E-state index contributed by atoms with van der Waals surface area (Å²) >= 11 is 0. The highest BCUT2D eigenvalue weighted by Gasteiger charge is 2.32. The largest absolute Gasteiger partial charge is 0.399 e. The minimum Gasteiger partial charge on any atom is -0.399 e. The Morgan fingerprint density at radius 3 is 2.90 bits per heavy atom. The molecule has 0 saturated heterocycles. The molecular formula is C17H24N2O. The first kappa shape index (κ1) is 14.6. The monoisotopic (exact) mass is 272 g/mol. The molecule has 1 unspecified atom stereocenters. The molecule has 1 amide bonds. The Labute approximate surface area is 121 Å². The van der Waals surface area contributed by atoms with E-state index in [1.807, 2.05) is 30.3 Å². The van der Waals surface area contributed by atoms with E-state index in [4.69, 9.17) is 5.73 Å². The third kappa shape index (κ3) is 3.86. The number of hydrogen-bond donors (Lipinski definition) is 2. The van der Waals surface area contributed by atoms with Gasteiger partial charge in [0.25, 0.3) is 0 Å². The molecule has 20 heavy (non-hydrogen) atoms. The fourth-order valence-corrected chi connectivity index (χ4v) is 2.82. The van der Waals surface area contributed by atoms with Gasteiger partial charge in [-0.3, -0.25) is 4.79 Å². The van der Waals surface area contributed by atoms with Crippen molar-refractivity contribution in [1.82, 2.24) is 5.32 Å². The Kier molecular flexibility index (Phi) is 4.48. The van der Waals surface area contributed by atoms with Gasteiger partial charge in [0.15, 0.2) is 0 Å². The van der Waals surface area contributed by atoms with Crippen LogP contribution in [-0.2, 0) is 4.79 Å². The van der Waals surface area contributed by atoms with E-state index in [1.54, 1.807) is 6.08 Å². The number of nitrogens with one attached hydrogen (secondary N) is 1. The second-order valence-electron chi connectivity index (χ2n) is 6.30. The van der Waals surface area contributed by atoms with Gasteiger partial charge in [-0.1, -0.05) is 38.8 Å². The molecule has 0 aromatic heterocycles. The lowest BCUT2D eigenvalue weighted by molar-refractivity contribution is -0.118. The molecule has 3 nitrogen and oxygen atoms in total. The smallest absolute Gasteiger partial charge is 0.244 e. The molecule has 3 N–H and O–H groups in total. The van der Waals surface area contributed by atoms with Crippen molar-refractivity contribution in [2.45, 2.75) is 45.6 Å². The highest BCUT2D eigenvalue weighted by Crippen LogP contribution is 2.35. The molecule has 0 heterocycles.